The monoisotopic (exact) mass is 239 g/mol. The van der Waals surface area contributed by atoms with Crippen LogP contribution in [0.4, 0.5) is 5.69 Å². The average Bonchev–Trinajstić information content (AvgIpc) is 2.40. The number of nitrogen functional groups attached to an aromatic ring is 1. The third-order valence-electron chi connectivity index (χ3n) is 2.75. The number of methoxy groups -OCH3 is 1. The second-order valence-corrected chi connectivity index (χ2v) is 4.09. The molecule has 2 aromatic carbocycles. The molecule has 0 heterocycles. The molecule has 2 nitrogen and oxygen atoms in total. The van der Waals surface area contributed by atoms with E-state index in [-0.39, 0.29) is 0 Å². The molecule has 0 aliphatic heterocycles. The first-order valence-electron chi connectivity index (χ1n) is 5.93. The first-order chi connectivity index (χ1) is 8.79. The van der Waals surface area contributed by atoms with Crippen LogP contribution in [0.25, 0.3) is 6.08 Å². The van der Waals surface area contributed by atoms with Crippen molar-refractivity contribution in [1.82, 2.24) is 0 Å². The van der Waals surface area contributed by atoms with Gasteiger partial charge in [-0.2, -0.15) is 0 Å². The van der Waals surface area contributed by atoms with E-state index in [2.05, 4.69) is 18.2 Å². The lowest BCUT2D eigenvalue weighted by Gasteiger charge is -2.05. The Labute approximate surface area is 108 Å². The van der Waals surface area contributed by atoms with Gasteiger partial charge in [-0.25, -0.2) is 0 Å². The van der Waals surface area contributed by atoms with E-state index in [1.165, 1.54) is 5.56 Å². The summed E-state index contributed by atoms with van der Waals surface area (Å²) < 4.78 is 5.30. The summed E-state index contributed by atoms with van der Waals surface area (Å²) in [6.45, 7) is 0. The highest BCUT2D eigenvalue weighted by atomic mass is 16.5. The van der Waals surface area contributed by atoms with Gasteiger partial charge < -0.3 is 10.5 Å². The van der Waals surface area contributed by atoms with Crippen LogP contribution >= 0.6 is 0 Å². The molecule has 2 rings (SSSR count). The van der Waals surface area contributed by atoms with Crippen molar-refractivity contribution >= 4 is 11.8 Å². The Morgan fingerprint density at radius 2 is 1.89 bits per heavy atom. The van der Waals surface area contributed by atoms with Gasteiger partial charge in [0, 0.05) is 11.3 Å². The molecular formula is C16H17NO. The van der Waals surface area contributed by atoms with Crippen molar-refractivity contribution < 1.29 is 4.74 Å². The molecule has 0 amide bonds. The van der Waals surface area contributed by atoms with Crippen molar-refractivity contribution in [2.45, 2.75) is 6.42 Å². The van der Waals surface area contributed by atoms with Gasteiger partial charge in [0.25, 0.3) is 0 Å². The van der Waals surface area contributed by atoms with Crippen LogP contribution in [0.2, 0.25) is 0 Å². The maximum absolute atomic E-state index is 5.78. The van der Waals surface area contributed by atoms with E-state index in [4.69, 9.17) is 10.5 Å². The molecule has 0 saturated heterocycles. The molecule has 0 spiro atoms. The van der Waals surface area contributed by atoms with Gasteiger partial charge in [-0.1, -0.05) is 42.5 Å². The maximum atomic E-state index is 5.78. The van der Waals surface area contributed by atoms with Crippen LogP contribution in [0, 0.1) is 0 Å². The number of benzene rings is 2. The third kappa shape index (κ3) is 3.14. The summed E-state index contributed by atoms with van der Waals surface area (Å²) in [5.74, 6) is 0.841. The van der Waals surface area contributed by atoms with E-state index in [0.717, 1.165) is 23.4 Å². The van der Waals surface area contributed by atoms with Gasteiger partial charge >= 0.3 is 0 Å². The van der Waals surface area contributed by atoms with Crippen LogP contribution in [0.15, 0.2) is 54.6 Å². The second kappa shape index (κ2) is 5.92. The lowest BCUT2D eigenvalue weighted by atomic mass is 10.1. The molecule has 0 aliphatic rings. The van der Waals surface area contributed by atoms with E-state index in [1.54, 1.807) is 7.11 Å². The van der Waals surface area contributed by atoms with E-state index in [0.29, 0.717) is 0 Å². The molecule has 0 fully saturated rings. The lowest BCUT2D eigenvalue weighted by molar-refractivity contribution is 0.414. The number of hydrogen-bond donors (Lipinski definition) is 1. The second-order valence-electron chi connectivity index (χ2n) is 4.09. The summed E-state index contributed by atoms with van der Waals surface area (Å²) in [6.07, 6.45) is 5.06. The van der Waals surface area contributed by atoms with Gasteiger partial charge in [-0.3, -0.25) is 0 Å². The minimum absolute atomic E-state index is 0.746. The molecule has 0 bridgehead atoms. The molecule has 92 valence electrons. The lowest BCUT2D eigenvalue weighted by Crippen LogP contribution is -1.90. The van der Waals surface area contributed by atoms with E-state index < -0.39 is 0 Å². The maximum Gasteiger partial charge on any atom is 0.126 e. The van der Waals surface area contributed by atoms with Crippen molar-refractivity contribution in [2.24, 2.45) is 0 Å². The molecule has 0 aromatic heterocycles. The molecule has 0 unspecified atom stereocenters. The van der Waals surface area contributed by atoms with Crippen LogP contribution in [0.5, 0.6) is 5.75 Å². The van der Waals surface area contributed by atoms with E-state index in [9.17, 15) is 0 Å². The Morgan fingerprint density at radius 1 is 1.11 bits per heavy atom. The summed E-state index contributed by atoms with van der Waals surface area (Å²) in [7, 11) is 1.67. The summed E-state index contributed by atoms with van der Waals surface area (Å²) >= 11 is 0. The number of allylic oxidation sites excluding steroid dienone is 1. The van der Waals surface area contributed by atoms with Crippen LogP contribution < -0.4 is 10.5 Å². The highest BCUT2D eigenvalue weighted by Crippen LogP contribution is 2.22. The SMILES string of the molecule is COc1ccc(N)cc1C=CCc1ccccc1. The highest BCUT2D eigenvalue weighted by Gasteiger charge is 1.99. The first-order valence-corrected chi connectivity index (χ1v) is 5.93. The summed E-state index contributed by atoms with van der Waals surface area (Å²) in [6, 6.07) is 16.0. The molecule has 0 aliphatic carbocycles. The third-order valence-corrected chi connectivity index (χ3v) is 2.75. The smallest absolute Gasteiger partial charge is 0.126 e. The predicted molar refractivity (Wildman–Crippen MR) is 76.6 cm³/mol. The van der Waals surface area contributed by atoms with E-state index >= 15 is 0 Å². The fraction of sp³-hybridized carbons (Fsp3) is 0.125. The van der Waals surface area contributed by atoms with E-state index in [1.807, 2.05) is 42.5 Å². The molecule has 2 N–H and O–H groups in total. The normalized spacial score (nSPS) is 10.7. The van der Waals surface area contributed by atoms with Crippen molar-refractivity contribution in [2.75, 3.05) is 12.8 Å². The van der Waals surface area contributed by atoms with Crippen molar-refractivity contribution in [1.29, 1.82) is 0 Å². The molecule has 0 saturated carbocycles. The fourth-order valence-corrected chi connectivity index (χ4v) is 1.82. The Hall–Kier alpha value is -2.22. The number of ether oxygens (including phenoxy) is 1. The van der Waals surface area contributed by atoms with Crippen LogP contribution in [-0.4, -0.2) is 7.11 Å². The number of rotatable bonds is 4. The predicted octanol–water partition coefficient (Wildman–Crippen LogP) is 3.53. The minimum Gasteiger partial charge on any atom is -0.496 e. The molecule has 0 atom stereocenters. The summed E-state index contributed by atoms with van der Waals surface area (Å²) in [4.78, 5) is 0. The van der Waals surface area contributed by atoms with Crippen LogP contribution in [-0.2, 0) is 6.42 Å². The average molecular weight is 239 g/mol. The Bertz CT molecular complexity index is 532. The fourth-order valence-electron chi connectivity index (χ4n) is 1.82. The molecular weight excluding hydrogens is 222 g/mol. The number of nitrogens with two attached hydrogens (primary N) is 1. The van der Waals surface area contributed by atoms with Crippen LogP contribution in [0.3, 0.4) is 0 Å². The van der Waals surface area contributed by atoms with Gasteiger partial charge in [0.15, 0.2) is 0 Å². The zero-order chi connectivity index (χ0) is 12.8. The molecule has 2 heteroatoms. The van der Waals surface area contributed by atoms with Crippen molar-refractivity contribution in [3.63, 3.8) is 0 Å². The van der Waals surface area contributed by atoms with Gasteiger partial charge in [0.2, 0.25) is 0 Å². The van der Waals surface area contributed by atoms with Crippen molar-refractivity contribution in [3.8, 4) is 5.75 Å². The van der Waals surface area contributed by atoms with Gasteiger partial charge in [0.1, 0.15) is 5.75 Å². The first kappa shape index (κ1) is 12.2. The van der Waals surface area contributed by atoms with Crippen LogP contribution in [0.1, 0.15) is 11.1 Å². The van der Waals surface area contributed by atoms with Gasteiger partial charge in [-0.05, 0) is 30.2 Å². The Balaban J connectivity index is 2.11. The number of anilines is 1. The summed E-state index contributed by atoms with van der Waals surface area (Å²) in [5, 5.41) is 0. The molecule has 0 radical (unpaired) electrons. The van der Waals surface area contributed by atoms with Gasteiger partial charge in [0.05, 0.1) is 7.11 Å². The zero-order valence-corrected chi connectivity index (χ0v) is 10.5. The number of hydrogen-bond acceptors (Lipinski definition) is 2. The topological polar surface area (TPSA) is 35.2 Å². The summed E-state index contributed by atoms with van der Waals surface area (Å²) in [5.41, 5.74) is 8.82. The Morgan fingerprint density at radius 3 is 2.61 bits per heavy atom. The molecule has 18 heavy (non-hydrogen) atoms. The van der Waals surface area contributed by atoms with Gasteiger partial charge in [-0.15, -0.1) is 0 Å². The largest absolute Gasteiger partial charge is 0.496 e. The standard InChI is InChI=1S/C16H17NO/c1-18-16-11-10-15(17)12-14(16)9-5-8-13-6-3-2-4-7-13/h2-7,9-12H,8,17H2,1H3. The quantitative estimate of drug-likeness (QED) is 0.828. The highest BCUT2D eigenvalue weighted by molar-refractivity contribution is 5.62. The zero-order valence-electron chi connectivity index (χ0n) is 10.5. The molecule has 2 aromatic rings. The minimum atomic E-state index is 0.746. The Kier molecular flexibility index (Phi) is 4.02. The van der Waals surface area contributed by atoms with Crippen molar-refractivity contribution in [3.05, 3.63) is 65.7 Å².